The molecule has 1 fully saturated rings. The van der Waals surface area contributed by atoms with Crippen LogP contribution in [0, 0.1) is 17.7 Å². The Bertz CT molecular complexity index is 1600. The number of cyclic esters (lactones) is 1. The highest BCUT2D eigenvalue weighted by Gasteiger charge is 2.39. The summed E-state index contributed by atoms with van der Waals surface area (Å²) in [6.07, 6.45) is 6.60. The van der Waals surface area contributed by atoms with E-state index in [-0.39, 0.29) is 49.9 Å². The molecular weight excluding hydrogens is 639 g/mol. The first-order valence-corrected chi connectivity index (χ1v) is 16.1. The summed E-state index contributed by atoms with van der Waals surface area (Å²) in [5, 5.41) is 15.6. The van der Waals surface area contributed by atoms with Crippen molar-refractivity contribution in [2.45, 2.75) is 64.7 Å². The van der Waals surface area contributed by atoms with Gasteiger partial charge in [0.15, 0.2) is 5.69 Å². The number of amides is 3. The van der Waals surface area contributed by atoms with Crippen LogP contribution in [0.3, 0.4) is 0 Å². The van der Waals surface area contributed by atoms with E-state index in [0.717, 1.165) is 6.26 Å². The molecule has 2 aromatic rings. The number of nitrogens with zero attached hydrogens (tertiary/aromatic N) is 2. The number of benzene rings is 1. The summed E-state index contributed by atoms with van der Waals surface area (Å²) in [5.74, 6) is -3.55. The van der Waals surface area contributed by atoms with Gasteiger partial charge in [-0.25, -0.2) is 19.0 Å². The van der Waals surface area contributed by atoms with Gasteiger partial charge in [0, 0.05) is 37.0 Å². The lowest BCUT2D eigenvalue weighted by atomic mass is 9.93. The minimum atomic E-state index is -1.06. The molecule has 13 nitrogen and oxygen atoms in total. The first-order valence-electron chi connectivity index (χ1n) is 16.1. The van der Waals surface area contributed by atoms with Gasteiger partial charge in [0.25, 0.3) is 5.91 Å². The number of oxazole rings is 1. The van der Waals surface area contributed by atoms with E-state index in [9.17, 15) is 33.5 Å². The Hall–Kier alpha value is -5.11. The van der Waals surface area contributed by atoms with Gasteiger partial charge < -0.3 is 29.2 Å². The molecule has 3 N–H and O–H groups in total. The zero-order chi connectivity index (χ0) is 35.5. The van der Waals surface area contributed by atoms with Gasteiger partial charge in [-0.2, -0.15) is 0 Å². The topological polar surface area (TPSA) is 177 Å². The molecule has 0 unspecified atom stereocenters. The van der Waals surface area contributed by atoms with Crippen LogP contribution in [0.25, 0.3) is 0 Å². The van der Waals surface area contributed by atoms with Crippen molar-refractivity contribution in [2.75, 3.05) is 25.0 Å². The monoisotopic (exact) mass is 680 g/mol. The highest BCUT2D eigenvalue weighted by atomic mass is 19.1. The van der Waals surface area contributed by atoms with Gasteiger partial charge in [0.2, 0.25) is 11.8 Å². The third-order valence-electron chi connectivity index (χ3n) is 8.02. The second kappa shape index (κ2) is 17.3. The van der Waals surface area contributed by atoms with Crippen LogP contribution in [-0.2, 0) is 30.3 Å². The molecular formula is C35H41FN4O9. The van der Waals surface area contributed by atoms with Crippen LogP contribution < -0.4 is 10.6 Å². The van der Waals surface area contributed by atoms with E-state index in [4.69, 9.17) is 13.9 Å². The third-order valence-corrected chi connectivity index (χ3v) is 8.02. The number of ketones is 1. The lowest BCUT2D eigenvalue weighted by Crippen LogP contribution is -2.44. The molecule has 0 radical (unpaired) electrons. The van der Waals surface area contributed by atoms with E-state index in [1.807, 2.05) is 0 Å². The zero-order valence-corrected chi connectivity index (χ0v) is 27.6. The average molecular weight is 681 g/mol. The number of fused-ring (bicyclic) bond motifs is 3. The number of carbonyl (C=O) groups excluding carboxylic acids is 5. The molecule has 14 heteroatoms. The molecule has 2 aliphatic rings. The summed E-state index contributed by atoms with van der Waals surface area (Å²) in [6, 6.07) is 4.20. The fourth-order valence-corrected chi connectivity index (χ4v) is 5.54. The minimum Gasteiger partial charge on any atom is -0.460 e. The molecule has 262 valence electrons. The van der Waals surface area contributed by atoms with Crippen LogP contribution in [-0.4, -0.2) is 82.6 Å². The molecule has 0 aliphatic carbocycles. The van der Waals surface area contributed by atoms with Crippen LogP contribution >= 0.6 is 0 Å². The molecule has 3 amide bonds. The number of ether oxygens (including phenoxy) is 2. The number of anilines is 1. The maximum Gasteiger partial charge on any atom is 0.411 e. The number of nitrogens with one attached hydrogen (secondary N) is 2. The van der Waals surface area contributed by atoms with Crippen molar-refractivity contribution in [3.8, 4) is 0 Å². The lowest BCUT2D eigenvalue weighted by Gasteiger charge is -2.30. The quantitative estimate of drug-likeness (QED) is 0.402. The fraction of sp³-hybridized carbons (Fsp3) is 0.429. The Balaban J connectivity index is 1.54. The summed E-state index contributed by atoms with van der Waals surface area (Å²) in [7, 11) is 0. The van der Waals surface area contributed by atoms with Gasteiger partial charge in [-0.05, 0) is 50.1 Å². The third kappa shape index (κ3) is 11.0. The Morgan fingerprint density at radius 2 is 1.96 bits per heavy atom. The summed E-state index contributed by atoms with van der Waals surface area (Å²) in [5.41, 5.74) is 0.927. The molecule has 1 saturated heterocycles. The number of aliphatic hydroxyl groups is 1. The second-order valence-electron chi connectivity index (χ2n) is 12.2. The van der Waals surface area contributed by atoms with Gasteiger partial charge in [-0.1, -0.05) is 43.7 Å². The van der Waals surface area contributed by atoms with Crippen molar-refractivity contribution in [1.29, 1.82) is 0 Å². The van der Waals surface area contributed by atoms with Gasteiger partial charge in [-0.15, -0.1) is 0 Å². The Morgan fingerprint density at radius 1 is 1.20 bits per heavy atom. The maximum absolute atomic E-state index is 13.6. The van der Waals surface area contributed by atoms with Crippen molar-refractivity contribution in [1.82, 2.24) is 15.2 Å². The van der Waals surface area contributed by atoms with Crippen LogP contribution in [0.5, 0.6) is 0 Å². The lowest BCUT2D eigenvalue weighted by molar-refractivity contribution is -0.159. The molecule has 5 atom stereocenters. The number of halogens is 1. The highest BCUT2D eigenvalue weighted by molar-refractivity contribution is 5.95. The van der Waals surface area contributed by atoms with E-state index in [0.29, 0.717) is 24.1 Å². The van der Waals surface area contributed by atoms with Crippen molar-refractivity contribution in [3.05, 3.63) is 83.9 Å². The molecule has 4 rings (SSSR count). The summed E-state index contributed by atoms with van der Waals surface area (Å²) < 4.78 is 30.0. The molecule has 0 spiro atoms. The van der Waals surface area contributed by atoms with Crippen LogP contribution in [0.4, 0.5) is 14.9 Å². The highest BCUT2D eigenvalue weighted by Crippen LogP contribution is 2.26. The van der Waals surface area contributed by atoms with E-state index in [1.54, 1.807) is 39.0 Å². The van der Waals surface area contributed by atoms with Gasteiger partial charge >= 0.3 is 12.1 Å². The number of hydrogen-bond acceptors (Lipinski definition) is 10. The van der Waals surface area contributed by atoms with E-state index >= 15 is 0 Å². The molecule has 1 aromatic carbocycles. The molecule has 49 heavy (non-hydrogen) atoms. The normalized spacial score (nSPS) is 24.3. The van der Waals surface area contributed by atoms with Gasteiger partial charge in [-0.3, -0.25) is 19.7 Å². The molecule has 1 aromatic heterocycles. The van der Waals surface area contributed by atoms with Crippen molar-refractivity contribution >= 4 is 35.3 Å². The summed E-state index contributed by atoms with van der Waals surface area (Å²) in [6.45, 7) is 5.47. The number of allylic oxidation sites excluding steroid dienone is 2. The van der Waals surface area contributed by atoms with E-state index < -0.39 is 59.8 Å². The van der Waals surface area contributed by atoms with Gasteiger partial charge in [0.05, 0.1) is 19.1 Å². The molecule has 0 saturated carbocycles. The second-order valence-corrected chi connectivity index (χ2v) is 12.2. The zero-order valence-electron chi connectivity index (χ0n) is 27.6. The fourth-order valence-electron chi connectivity index (χ4n) is 5.54. The molecule has 3 heterocycles. The van der Waals surface area contributed by atoms with Crippen molar-refractivity contribution in [2.24, 2.45) is 11.8 Å². The first-order chi connectivity index (χ1) is 23.4. The van der Waals surface area contributed by atoms with Crippen LogP contribution in [0.2, 0.25) is 0 Å². The largest absolute Gasteiger partial charge is 0.460 e. The predicted molar refractivity (Wildman–Crippen MR) is 175 cm³/mol. The SMILES string of the molecule is CC1=C[C@@H](O)CC(=O)Cc2nc(co2)C(=O)N2CCC[C@@H]2C(=O)O[C@H]([C@@H](C)COC(=O)Nc2ccc(F)cc2)[C@H](C)/C=C/C(=O)NCC=C1. The van der Waals surface area contributed by atoms with Gasteiger partial charge in [0.1, 0.15) is 30.0 Å². The summed E-state index contributed by atoms with van der Waals surface area (Å²) >= 11 is 0. The molecule has 2 aliphatic heterocycles. The first kappa shape index (κ1) is 36.7. The van der Waals surface area contributed by atoms with Crippen molar-refractivity contribution < 1.29 is 47.4 Å². The summed E-state index contributed by atoms with van der Waals surface area (Å²) in [4.78, 5) is 70.1. The minimum absolute atomic E-state index is 0.00608. The average Bonchev–Trinajstić information content (AvgIpc) is 3.74. The number of aromatic nitrogens is 1. The smallest absolute Gasteiger partial charge is 0.411 e. The molecule has 2 bridgehead atoms. The van der Waals surface area contributed by atoms with Crippen LogP contribution in [0.1, 0.15) is 56.4 Å². The number of aliphatic hydroxyl groups excluding tert-OH is 1. The maximum atomic E-state index is 13.6. The Kier molecular flexibility index (Phi) is 13.0. The number of carbonyl (C=O) groups is 5. The van der Waals surface area contributed by atoms with E-state index in [1.165, 1.54) is 41.3 Å². The van der Waals surface area contributed by atoms with E-state index in [2.05, 4.69) is 15.6 Å². The number of esters is 1. The predicted octanol–water partition coefficient (Wildman–Crippen LogP) is 3.90. The Labute approximate surface area is 283 Å². The Morgan fingerprint density at radius 3 is 2.71 bits per heavy atom. The number of rotatable bonds is 4. The number of Topliss-reactive ketones (excluding diaryl/α,β-unsaturated/α-hetero) is 1. The standard InChI is InChI=1S/C35H41FN4O9/c1-21-6-4-14-37-30(43)13-8-22(2)32(23(3)19-48-35(46)38-25-11-9-24(36)10-12-25)49-34(45)29-7-5-15-40(29)33(44)28-20-47-31(39-28)18-27(42)17-26(41)16-21/h4,6,8-13,16,20,22-23,26,29,32,41H,5,7,14-15,17-19H2,1-3H3,(H,37,43)(H,38,46)/b6-4?,13-8+,21-16?/t22-,23+,26-,29-,32+/m1/s1. The van der Waals surface area contributed by atoms with Crippen molar-refractivity contribution in [3.63, 3.8) is 0 Å². The number of hydrogen-bond donors (Lipinski definition) is 3. The van der Waals surface area contributed by atoms with Crippen LogP contribution in [0.15, 0.2) is 70.9 Å².